The molecule has 122 valence electrons. The van der Waals surface area contributed by atoms with Gasteiger partial charge in [-0.25, -0.2) is 5.32 Å². The Labute approximate surface area is 136 Å². The molecule has 0 aromatic heterocycles. The Morgan fingerprint density at radius 1 is 0.870 bits per heavy atom. The van der Waals surface area contributed by atoms with E-state index in [0.29, 0.717) is 12.2 Å². The number of hydrogen-bond acceptors (Lipinski definition) is 2. The predicted molar refractivity (Wildman–Crippen MR) is 87.4 cm³/mol. The Morgan fingerprint density at radius 3 is 1.83 bits per heavy atom. The van der Waals surface area contributed by atoms with Crippen LogP contribution in [0.15, 0.2) is 24.3 Å². The first-order chi connectivity index (χ1) is 11.4. The van der Waals surface area contributed by atoms with Crippen molar-refractivity contribution in [2.45, 2.75) is 37.9 Å². The molecule has 3 N–H and O–H groups in total. The van der Waals surface area contributed by atoms with Crippen LogP contribution in [0.25, 0.3) is 0 Å². The van der Waals surface area contributed by atoms with Crippen molar-refractivity contribution in [1.82, 2.24) is 5.32 Å². The van der Waals surface area contributed by atoms with Crippen molar-refractivity contribution < 1.29 is 19.5 Å². The third-order valence-corrected chi connectivity index (χ3v) is 4.78. The maximum absolute atomic E-state index is 5.70. The highest BCUT2D eigenvalue weighted by Gasteiger charge is 2.32. The molecule has 0 aliphatic carbocycles. The third kappa shape index (κ3) is 3.31. The van der Waals surface area contributed by atoms with Crippen LogP contribution >= 0.6 is 0 Å². The average Bonchev–Trinajstić information content (AvgIpc) is 3.32. The fourth-order valence-corrected chi connectivity index (χ4v) is 3.50. The molecule has 5 heteroatoms. The molecule has 0 radical (unpaired) electrons. The van der Waals surface area contributed by atoms with Gasteiger partial charge in [0.25, 0.3) is 11.7 Å². The lowest BCUT2D eigenvalue weighted by Crippen LogP contribution is -2.82. The van der Waals surface area contributed by atoms with Crippen molar-refractivity contribution >= 4 is 11.7 Å². The molecule has 3 aliphatic rings. The van der Waals surface area contributed by atoms with Crippen molar-refractivity contribution in [3.63, 3.8) is 0 Å². The van der Waals surface area contributed by atoms with Crippen molar-refractivity contribution in [3.8, 4) is 0 Å². The first kappa shape index (κ1) is 14.8. The first-order valence-electron chi connectivity index (χ1n) is 8.72. The molecule has 4 rings (SSSR count). The third-order valence-electron chi connectivity index (χ3n) is 4.78. The second kappa shape index (κ2) is 6.81. The number of hydrogen-bond donors (Lipinski definition) is 3. The number of amidine groups is 2. The quantitative estimate of drug-likeness (QED) is 0.621. The number of fused-ring (bicyclic) bond motifs is 1. The lowest BCUT2D eigenvalue weighted by Gasteiger charge is -2.03. The van der Waals surface area contributed by atoms with E-state index >= 15 is 0 Å². The molecule has 5 nitrogen and oxygen atoms in total. The van der Waals surface area contributed by atoms with E-state index in [0.717, 1.165) is 50.8 Å². The van der Waals surface area contributed by atoms with Crippen molar-refractivity contribution in [1.29, 1.82) is 0 Å². The van der Waals surface area contributed by atoms with Gasteiger partial charge in [0.2, 0.25) is 0 Å². The fourth-order valence-electron chi connectivity index (χ4n) is 3.50. The zero-order chi connectivity index (χ0) is 15.5. The molecule has 3 aliphatic heterocycles. The number of nitrogens with one attached hydrogen (secondary N) is 3. The number of benzene rings is 1. The molecule has 0 amide bonds. The van der Waals surface area contributed by atoms with Crippen LogP contribution in [0.1, 0.15) is 36.8 Å². The van der Waals surface area contributed by atoms with Crippen LogP contribution in [-0.4, -0.2) is 50.2 Å². The zero-order valence-electron chi connectivity index (χ0n) is 13.4. The van der Waals surface area contributed by atoms with Crippen molar-refractivity contribution in [2.75, 3.05) is 26.3 Å². The van der Waals surface area contributed by atoms with Crippen LogP contribution in [0, 0.1) is 0 Å². The minimum atomic E-state index is 0.334. The lowest BCUT2D eigenvalue weighted by molar-refractivity contribution is -0.475. The van der Waals surface area contributed by atoms with E-state index in [1.165, 1.54) is 24.0 Å². The van der Waals surface area contributed by atoms with E-state index in [4.69, 9.17) is 9.47 Å². The van der Waals surface area contributed by atoms with E-state index < -0.39 is 0 Å². The Hall–Kier alpha value is -1.72. The Kier molecular flexibility index (Phi) is 4.39. The van der Waals surface area contributed by atoms with E-state index in [1.54, 1.807) is 0 Å². The summed E-state index contributed by atoms with van der Waals surface area (Å²) in [7, 11) is 0. The smallest absolute Gasteiger partial charge is 0.283 e. The van der Waals surface area contributed by atoms with Gasteiger partial charge in [0.1, 0.15) is 13.1 Å². The minimum absolute atomic E-state index is 0.334. The number of rotatable bonds is 4. The molecule has 0 bridgehead atoms. The van der Waals surface area contributed by atoms with Gasteiger partial charge in [-0.15, -0.1) is 0 Å². The SMILES string of the molecule is c1ccc2c(c1)C(=[NH+]C[C@H]1CCCO1)NC2=[NH+]C[C@H]1CCCO1. The van der Waals surface area contributed by atoms with Gasteiger partial charge >= 0.3 is 0 Å². The van der Waals surface area contributed by atoms with Crippen LogP contribution in [0.2, 0.25) is 0 Å². The second-order valence-corrected chi connectivity index (χ2v) is 6.45. The summed E-state index contributed by atoms with van der Waals surface area (Å²) in [6.45, 7) is 3.50. The first-order valence-corrected chi connectivity index (χ1v) is 8.72. The van der Waals surface area contributed by atoms with Gasteiger partial charge in [0.05, 0.1) is 23.3 Å². The molecule has 1 aromatic rings. The van der Waals surface area contributed by atoms with E-state index in [9.17, 15) is 0 Å². The number of ether oxygens (including phenoxy) is 2. The fraction of sp³-hybridized carbons (Fsp3) is 0.556. The van der Waals surface area contributed by atoms with Crippen molar-refractivity contribution in [3.05, 3.63) is 35.4 Å². The molecule has 3 heterocycles. The summed E-state index contributed by atoms with van der Waals surface area (Å²) < 4.78 is 11.4. The monoisotopic (exact) mass is 315 g/mol. The molecule has 0 spiro atoms. The van der Waals surface area contributed by atoms with Gasteiger partial charge in [-0.2, -0.15) is 0 Å². The molecule has 23 heavy (non-hydrogen) atoms. The molecular formula is C18H25N3O2+2. The van der Waals surface area contributed by atoms with Gasteiger partial charge < -0.3 is 9.47 Å². The van der Waals surface area contributed by atoms with Crippen LogP contribution in [-0.2, 0) is 9.47 Å². The van der Waals surface area contributed by atoms with E-state index in [-0.39, 0.29) is 0 Å². The minimum Gasteiger partial charge on any atom is -0.374 e. The van der Waals surface area contributed by atoms with Crippen LogP contribution in [0.5, 0.6) is 0 Å². The maximum Gasteiger partial charge on any atom is 0.283 e. The highest BCUT2D eigenvalue weighted by atomic mass is 16.5. The van der Waals surface area contributed by atoms with Crippen molar-refractivity contribution in [2.24, 2.45) is 0 Å². The maximum atomic E-state index is 5.70. The molecular weight excluding hydrogens is 290 g/mol. The Balaban J connectivity index is 1.51. The summed E-state index contributed by atoms with van der Waals surface area (Å²) in [6, 6.07) is 8.47. The molecule has 2 saturated heterocycles. The van der Waals surface area contributed by atoms with Gasteiger partial charge in [-0.3, -0.25) is 9.98 Å². The second-order valence-electron chi connectivity index (χ2n) is 6.45. The molecule has 1 aromatic carbocycles. The molecule has 2 atom stereocenters. The predicted octanol–water partition coefficient (Wildman–Crippen LogP) is -1.70. The Bertz CT molecular complexity index is 561. The van der Waals surface area contributed by atoms with E-state index in [1.807, 2.05) is 0 Å². The van der Waals surface area contributed by atoms with Crippen LogP contribution in [0.3, 0.4) is 0 Å². The lowest BCUT2D eigenvalue weighted by atomic mass is 10.1. The van der Waals surface area contributed by atoms with Crippen LogP contribution < -0.4 is 15.3 Å². The summed E-state index contributed by atoms with van der Waals surface area (Å²) in [5.74, 6) is 2.15. The summed E-state index contributed by atoms with van der Waals surface area (Å²) in [5.41, 5.74) is 2.45. The van der Waals surface area contributed by atoms with Gasteiger partial charge in [-0.1, -0.05) is 12.1 Å². The summed E-state index contributed by atoms with van der Waals surface area (Å²) in [5, 5.41) is 3.50. The summed E-state index contributed by atoms with van der Waals surface area (Å²) in [6.07, 6.45) is 5.31. The molecule has 2 fully saturated rings. The largest absolute Gasteiger partial charge is 0.374 e. The Morgan fingerprint density at radius 2 is 1.39 bits per heavy atom. The van der Waals surface area contributed by atoms with Gasteiger partial charge in [-0.05, 0) is 37.8 Å². The topological polar surface area (TPSA) is 58.4 Å². The summed E-state index contributed by atoms with van der Waals surface area (Å²) >= 11 is 0. The van der Waals surface area contributed by atoms with E-state index in [2.05, 4.69) is 39.6 Å². The van der Waals surface area contributed by atoms with Gasteiger partial charge in [0, 0.05) is 13.2 Å². The summed E-state index contributed by atoms with van der Waals surface area (Å²) in [4.78, 5) is 7.05. The molecule has 0 saturated carbocycles. The van der Waals surface area contributed by atoms with Gasteiger partial charge in [0.15, 0.2) is 0 Å². The standard InChI is InChI=1S/C18H23N3O2/c1-2-8-16-15(7-1)17(19-11-13-5-3-9-22-13)21-18(16)20-12-14-6-4-10-23-14/h1-2,7-8,13-14H,3-6,9-12H2,(H,19,20,21)/p+2/t13-,14-/m1/s1. The van der Waals surface area contributed by atoms with Crippen LogP contribution in [0.4, 0.5) is 0 Å². The molecule has 0 unspecified atom stereocenters. The highest BCUT2D eigenvalue weighted by molar-refractivity contribution is 6.21. The zero-order valence-corrected chi connectivity index (χ0v) is 13.4. The highest BCUT2D eigenvalue weighted by Crippen LogP contribution is 2.13. The average molecular weight is 315 g/mol. The normalized spacial score (nSPS) is 30.1.